The van der Waals surface area contributed by atoms with Crippen LogP contribution in [0.2, 0.25) is 0 Å². The number of rotatable bonds is 3. The van der Waals surface area contributed by atoms with Crippen LogP contribution in [0.15, 0.2) is 23.2 Å². The molecule has 0 radical (unpaired) electrons. The van der Waals surface area contributed by atoms with Gasteiger partial charge in [0, 0.05) is 19.3 Å². The Morgan fingerprint density at radius 1 is 1.44 bits per heavy atom. The molecule has 2 amide bonds. The standard InChI is InChI=1S/C12H13N3O2S/c1-8-2-3-9(14-7-8)6-10-11(16)15(5-4-13)12(17)18-10/h2-3,6-7H,4-5,13H2,1H3/b10-6+. The second-order valence-corrected chi connectivity index (χ2v) is 4.88. The molecule has 1 fully saturated rings. The minimum Gasteiger partial charge on any atom is -0.329 e. The Kier molecular flexibility index (Phi) is 3.78. The van der Waals surface area contributed by atoms with E-state index in [1.54, 1.807) is 12.3 Å². The zero-order valence-electron chi connectivity index (χ0n) is 9.92. The molecule has 2 heterocycles. The van der Waals surface area contributed by atoms with Crippen LogP contribution >= 0.6 is 11.8 Å². The van der Waals surface area contributed by atoms with E-state index in [0.29, 0.717) is 10.6 Å². The lowest BCUT2D eigenvalue weighted by atomic mass is 10.2. The molecule has 0 aliphatic carbocycles. The number of amides is 2. The topological polar surface area (TPSA) is 76.3 Å². The SMILES string of the molecule is Cc1ccc(/C=C2/SC(=O)N(CCN)C2=O)nc1. The summed E-state index contributed by atoms with van der Waals surface area (Å²) < 4.78 is 0. The van der Waals surface area contributed by atoms with Gasteiger partial charge in [-0.15, -0.1) is 0 Å². The van der Waals surface area contributed by atoms with E-state index >= 15 is 0 Å². The van der Waals surface area contributed by atoms with E-state index in [1.165, 1.54) is 0 Å². The normalized spacial score (nSPS) is 17.9. The van der Waals surface area contributed by atoms with Crippen molar-refractivity contribution in [3.63, 3.8) is 0 Å². The van der Waals surface area contributed by atoms with E-state index in [0.717, 1.165) is 22.2 Å². The van der Waals surface area contributed by atoms with E-state index in [2.05, 4.69) is 4.98 Å². The predicted octanol–water partition coefficient (Wildman–Crippen LogP) is 1.39. The number of pyridine rings is 1. The highest BCUT2D eigenvalue weighted by Crippen LogP contribution is 2.31. The van der Waals surface area contributed by atoms with Gasteiger partial charge in [0.1, 0.15) is 0 Å². The van der Waals surface area contributed by atoms with Crippen LogP contribution in [0.3, 0.4) is 0 Å². The molecule has 94 valence electrons. The molecule has 18 heavy (non-hydrogen) atoms. The van der Waals surface area contributed by atoms with E-state index in [9.17, 15) is 9.59 Å². The Morgan fingerprint density at radius 2 is 2.22 bits per heavy atom. The number of nitrogens with zero attached hydrogens (tertiary/aromatic N) is 2. The second-order valence-electron chi connectivity index (χ2n) is 3.88. The van der Waals surface area contributed by atoms with Crippen LogP contribution in [0.25, 0.3) is 6.08 Å². The number of carbonyl (C=O) groups is 2. The highest BCUT2D eigenvalue weighted by molar-refractivity contribution is 8.18. The fourth-order valence-corrected chi connectivity index (χ4v) is 2.37. The van der Waals surface area contributed by atoms with E-state index in [-0.39, 0.29) is 24.2 Å². The third kappa shape index (κ3) is 2.60. The van der Waals surface area contributed by atoms with E-state index in [4.69, 9.17) is 5.73 Å². The zero-order chi connectivity index (χ0) is 13.1. The van der Waals surface area contributed by atoms with Gasteiger partial charge in [0.05, 0.1) is 10.6 Å². The quantitative estimate of drug-likeness (QED) is 0.834. The Hall–Kier alpha value is -1.66. The summed E-state index contributed by atoms with van der Waals surface area (Å²) in [5, 5.41) is -0.274. The van der Waals surface area contributed by atoms with Gasteiger partial charge in [-0.25, -0.2) is 0 Å². The van der Waals surface area contributed by atoms with Crippen molar-refractivity contribution in [2.75, 3.05) is 13.1 Å². The third-order valence-electron chi connectivity index (χ3n) is 2.44. The molecule has 1 aliphatic heterocycles. The van der Waals surface area contributed by atoms with Crippen molar-refractivity contribution in [1.82, 2.24) is 9.88 Å². The first kappa shape index (κ1) is 12.8. The predicted molar refractivity (Wildman–Crippen MR) is 70.7 cm³/mol. The molecule has 1 saturated heterocycles. The van der Waals surface area contributed by atoms with Crippen LogP contribution in [0, 0.1) is 6.92 Å². The highest BCUT2D eigenvalue weighted by atomic mass is 32.2. The summed E-state index contributed by atoms with van der Waals surface area (Å²) in [6.45, 7) is 2.46. The first-order valence-corrected chi connectivity index (χ1v) is 6.31. The molecule has 5 nitrogen and oxygen atoms in total. The van der Waals surface area contributed by atoms with Gasteiger partial charge in [-0.05, 0) is 36.4 Å². The van der Waals surface area contributed by atoms with Crippen molar-refractivity contribution in [1.29, 1.82) is 0 Å². The lowest BCUT2D eigenvalue weighted by Gasteiger charge is -2.09. The zero-order valence-corrected chi connectivity index (χ0v) is 10.7. The largest absolute Gasteiger partial charge is 0.329 e. The van der Waals surface area contributed by atoms with Crippen molar-refractivity contribution in [3.8, 4) is 0 Å². The molecule has 0 atom stereocenters. The Bertz CT molecular complexity index is 511. The smallest absolute Gasteiger partial charge is 0.293 e. The summed E-state index contributed by atoms with van der Waals surface area (Å²) in [5.41, 5.74) is 7.07. The molecule has 1 aliphatic rings. The number of nitrogens with two attached hydrogens (primary N) is 1. The second kappa shape index (κ2) is 5.32. The fourth-order valence-electron chi connectivity index (χ4n) is 1.52. The first-order chi connectivity index (χ1) is 8.61. The highest BCUT2D eigenvalue weighted by Gasteiger charge is 2.34. The van der Waals surface area contributed by atoms with E-state index < -0.39 is 0 Å². The summed E-state index contributed by atoms with van der Waals surface area (Å²) in [7, 11) is 0. The van der Waals surface area contributed by atoms with Crippen molar-refractivity contribution >= 4 is 29.0 Å². The third-order valence-corrected chi connectivity index (χ3v) is 3.35. The Labute approximate surface area is 109 Å². The number of aromatic nitrogens is 1. The van der Waals surface area contributed by atoms with Crippen LogP contribution in [-0.2, 0) is 4.79 Å². The molecular weight excluding hydrogens is 250 g/mol. The number of carbonyl (C=O) groups excluding carboxylic acids is 2. The van der Waals surface area contributed by atoms with Crippen molar-refractivity contribution < 1.29 is 9.59 Å². The van der Waals surface area contributed by atoms with Crippen LogP contribution in [0.5, 0.6) is 0 Å². The summed E-state index contributed by atoms with van der Waals surface area (Å²) in [4.78, 5) is 29.2. The maximum atomic E-state index is 11.9. The summed E-state index contributed by atoms with van der Waals surface area (Å²) in [5.74, 6) is -0.294. The van der Waals surface area contributed by atoms with Gasteiger partial charge in [0.2, 0.25) is 0 Å². The molecule has 6 heteroatoms. The van der Waals surface area contributed by atoms with Gasteiger partial charge in [0.15, 0.2) is 0 Å². The van der Waals surface area contributed by atoms with Crippen LogP contribution < -0.4 is 5.73 Å². The molecule has 1 aromatic rings. The lowest BCUT2D eigenvalue weighted by molar-refractivity contribution is -0.122. The van der Waals surface area contributed by atoms with Gasteiger partial charge >= 0.3 is 0 Å². The molecule has 1 aromatic heterocycles. The Balaban J connectivity index is 2.22. The van der Waals surface area contributed by atoms with Gasteiger partial charge in [-0.2, -0.15) is 0 Å². The van der Waals surface area contributed by atoms with Gasteiger partial charge < -0.3 is 5.73 Å². The number of hydrogen-bond donors (Lipinski definition) is 1. The number of aryl methyl sites for hydroxylation is 1. The summed E-state index contributed by atoms with van der Waals surface area (Å²) in [6, 6.07) is 3.72. The lowest BCUT2D eigenvalue weighted by Crippen LogP contribution is -2.33. The van der Waals surface area contributed by atoms with Gasteiger partial charge in [0.25, 0.3) is 11.1 Å². The molecule has 0 unspecified atom stereocenters. The molecular formula is C12H13N3O2S. The number of thioether (sulfide) groups is 1. The molecule has 0 spiro atoms. The average Bonchev–Trinajstić information content (AvgIpc) is 2.60. The molecule has 0 aromatic carbocycles. The van der Waals surface area contributed by atoms with Crippen LogP contribution in [-0.4, -0.2) is 34.1 Å². The van der Waals surface area contributed by atoms with Crippen LogP contribution in [0.4, 0.5) is 4.79 Å². The molecule has 2 N–H and O–H groups in total. The maximum Gasteiger partial charge on any atom is 0.293 e. The van der Waals surface area contributed by atoms with Crippen molar-refractivity contribution in [3.05, 3.63) is 34.5 Å². The first-order valence-electron chi connectivity index (χ1n) is 5.50. The molecule has 0 saturated carbocycles. The minimum absolute atomic E-state index is 0.253. The van der Waals surface area contributed by atoms with Crippen molar-refractivity contribution in [2.24, 2.45) is 5.73 Å². The fraction of sp³-hybridized carbons (Fsp3) is 0.250. The van der Waals surface area contributed by atoms with Crippen LogP contribution in [0.1, 0.15) is 11.3 Å². The monoisotopic (exact) mass is 263 g/mol. The summed E-state index contributed by atoms with van der Waals surface area (Å²) >= 11 is 0.924. The Morgan fingerprint density at radius 3 is 2.83 bits per heavy atom. The minimum atomic E-state index is -0.294. The van der Waals surface area contributed by atoms with E-state index in [1.807, 2.05) is 19.1 Å². The maximum absolute atomic E-state index is 11.9. The number of hydrogen-bond acceptors (Lipinski definition) is 5. The average molecular weight is 263 g/mol. The number of imide groups is 1. The van der Waals surface area contributed by atoms with Crippen molar-refractivity contribution in [2.45, 2.75) is 6.92 Å². The summed E-state index contributed by atoms with van der Waals surface area (Å²) in [6.07, 6.45) is 3.34. The van der Waals surface area contributed by atoms with Gasteiger partial charge in [-0.1, -0.05) is 6.07 Å². The van der Waals surface area contributed by atoms with Gasteiger partial charge in [-0.3, -0.25) is 19.5 Å². The molecule has 2 rings (SSSR count). The molecule has 0 bridgehead atoms.